The molecule has 5 heteroatoms. The van der Waals surface area contributed by atoms with E-state index < -0.39 is 0 Å². The fourth-order valence-electron chi connectivity index (χ4n) is 3.27. The summed E-state index contributed by atoms with van der Waals surface area (Å²) in [5, 5.41) is 6.53. The van der Waals surface area contributed by atoms with Gasteiger partial charge in [0.1, 0.15) is 5.82 Å². The lowest BCUT2D eigenvalue weighted by Gasteiger charge is -2.30. The van der Waals surface area contributed by atoms with E-state index in [1.165, 1.54) is 6.07 Å². The number of benzene rings is 1. The van der Waals surface area contributed by atoms with Crippen LogP contribution in [-0.4, -0.2) is 48.9 Å². The van der Waals surface area contributed by atoms with Gasteiger partial charge in [-0.1, -0.05) is 18.2 Å². The fourth-order valence-corrected chi connectivity index (χ4v) is 3.27. The van der Waals surface area contributed by atoms with Crippen LogP contribution in [0.3, 0.4) is 0 Å². The highest BCUT2D eigenvalue weighted by molar-refractivity contribution is 5.89. The van der Waals surface area contributed by atoms with Gasteiger partial charge in [0.25, 0.3) is 0 Å². The summed E-state index contributed by atoms with van der Waals surface area (Å²) in [6.07, 6.45) is 1.89. The summed E-state index contributed by atoms with van der Waals surface area (Å²) in [5.41, 5.74) is 0.673. The third kappa shape index (κ3) is 3.31. The van der Waals surface area contributed by atoms with Gasteiger partial charge in [-0.3, -0.25) is 9.69 Å². The Morgan fingerprint density at radius 3 is 2.95 bits per heavy atom. The van der Waals surface area contributed by atoms with Crippen LogP contribution in [0.5, 0.6) is 0 Å². The minimum absolute atomic E-state index is 0.0815. The van der Waals surface area contributed by atoms with E-state index in [0.29, 0.717) is 18.7 Å². The largest absolute Gasteiger partial charge is 0.313 e. The van der Waals surface area contributed by atoms with Gasteiger partial charge in [0, 0.05) is 31.7 Å². The number of hydrogen-bond donors (Lipinski definition) is 2. The maximum atomic E-state index is 13.8. The molecule has 2 aliphatic rings. The van der Waals surface area contributed by atoms with Gasteiger partial charge in [0.2, 0.25) is 0 Å². The molecule has 21 heavy (non-hydrogen) atoms. The van der Waals surface area contributed by atoms with Crippen LogP contribution in [0.25, 0.3) is 0 Å². The van der Waals surface area contributed by atoms with Crippen molar-refractivity contribution in [2.45, 2.75) is 31.5 Å². The van der Waals surface area contributed by atoms with Crippen molar-refractivity contribution in [1.29, 1.82) is 0 Å². The van der Waals surface area contributed by atoms with Gasteiger partial charge < -0.3 is 10.6 Å². The summed E-state index contributed by atoms with van der Waals surface area (Å²) in [7, 11) is 0. The lowest BCUT2D eigenvalue weighted by atomic mass is 10.0. The first-order valence-electron chi connectivity index (χ1n) is 7.71. The molecular weight excluding hydrogens is 269 g/mol. The van der Waals surface area contributed by atoms with Crippen LogP contribution in [0, 0.1) is 5.82 Å². The molecule has 2 saturated heterocycles. The standard InChI is InChI=1S/C16H22FN3O/c17-13-5-2-1-4-12(13)11-20-9-3-6-15(20)16(21)14-10-18-7-8-19-14/h1-2,4-5,14-15,18-19H,3,6-11H2. The zero-order chi connectivity index (χ0) is 14.7. The van der Waals surface area contributed by atoms with Crippen LogP contribution >= 0.6 is 0 Å². The summed E-state index contributed by atoms with van der Waals surface area (Å²) in [4.78, 5) is 14.8. The highest BCUT2D eigenvalue weighted by atomic mass is 19.1. The number of ketones is 1. The van der Waals surface area contributed by atoms with Gasteiger partial charge in [0.15, 0.2) is 5.78 Å². The molecule has 0 amide bonds. The second-order valence-corrected chi connectivity index (χ2v) is 5.83. The lowest BCUT2D eigenvalue weighted by Crippen LogP contribution is -2.56. The maximum Gasteiger partial charge on any atom is 0.168 e. The molecule has 2 N–H and O–H groups in total. The van der Waals surface area contributed by atoms with Crippen molar-refractivity contribution in [3.8, 4) is 0 Å². The average Bonchev–Trinajstić information content (AvgIpc) is 2.98. The Bertz CT molecular complexity index is 502. The molecule has 114 valence electrons. The Morgan fingerprint density at radius 1 is 1.33 bits per heavy atom. The van der Waals surface area contributed by atoms with Gasteiger partial charge in [-0.15, -0.1) is 0 Å². The zero-order valence-electron chi connectivity index (χ0n) is 12.1. The summed E-state index contributed by atoms with van der Waals surface area (Å²) < 4.78 is 13.8. The molecule has 0 aromatic heterocycles. The molecule has 0 bridgehead atoms. The predicted octanol–water partition coefficient (Wildman–Crippen LogP) is 0.921. The molecule has 2 fully saturated rings. The normalized spacial score (nSPS) is 26.9. The van der Waals surface area contributed by atoms with E-state index in [2.05, 4.69) is 15.5 Å². The van der Waals surface area contributed by atoms with Gasteiger partial charge in [-0.25, -0.2) is 4.39 Å². The molecule has 0 radical (unpaired) electrons. The number of likely N-dealkylation sites (tertiary alicyclic amines) is 1. The van der Waals surface area contributed by atoms with E-state index in [0.717, 1.165) is 32.5 Å². The minimum Gasteiger partial charge on any atom is -0.313 e. The number of nitrogens with one attached hydrogen (secondary N) is 2. The zero-order valence-corrected chi connectivity index (χ0v) is 12.1. The molecule has 4 nitrogen and oxygen atoms in total. The molecule has 2 aliphatic heterocycles. The monoisotopic (exact) mass is 291 g/mol. The number of carbonyl (C=O) groups is 1. The Morgan fingerprint density at radius 2 is 2.19 bits per heavy atom. The van der Waals surface area contributed by atoms with Crippen molar-refractivity contribution >= 4 is 5.78 Å². The van der Waals surface area contributed by atoms with Crippen molar-refractivity contribution < 1.29 is 9.18 Å². The molecule has 0 saturated carbocycles. The Hall–Kier alpha value is -1.30. The topological polar surface area (TPSA) is 44.4 Å². The Kier molecular flexibility index (Phi) is 4.63. The summed E-state index contributed by atoms with van der Waals surface area (Å²) in [6.45, 7) is 3.82. The van der Waals surface area contributed by atoms with Crippen molar-refractivity contribution in [2.75, 3.05) is 26.2 Å². The predicted molar refractivity (Wildman–Crippen MR) is 79.5 cm³/mol. The first kappa shape index (κ1) is 14.6. The number of piperazine rings is 1. The SMILES string of the molecule is O=C(C1CNCCN1)C1CCCN1Cc1ccccc1F. The number of nitrogens with zero attached hydrogens (tertiary/aromatic N) is 1. The van der Waals surface area contributed by atoms with E-state index in [1.54, 1.807) is 12.1 Å². The van der Waals surface area contributed by atoms with Crippen LogP contribution in [-0.2, 0) is 11.3 Å². The Labute approximate surface area is 124 Å². The highest BCUT2D eigenvalue weighted by Crippen LogP contribution is 2.23. The molecule has 2 unspecified atom stereocenters. The molecule has 3 rings (SSSR count). The van der Waals surface area contributed by atoms with Crippen LogP contribution < -0.4 is 10.6 Å². The van der Waals surface area contributed by atoms with Gasteiger partial charge >= 0.3 is 0 Å². The van der Waals surface area contributed by atoms with Gasteiger partial charge in [-0.2, -0.15) is 0 Å². The minimum atomic E-state index is -0.187. The summed E-state index contributed by atoms with van der Waals surface area (Å²) in [5.74, 6) is 0.0593. The number of Topliss-reactive ketones (excluding diaryl/α,β-unsaturated/α-hetero) is 1. The summed E-state index contributed by atoms with van der Waals surface area (Å²) >= 11 is 0. The quantitative estimate of drug-likeness (QED) is 0.866. The van der Waals surface area contributed by atoms with Crippen LogP contribution in [0.1, 0.15) is 18.4 Å². The van der Waals surface area contributed by atoms with Crippen molar-refractivity contribution in [3.63, 3.8) is 0 Å². The molecule has 0 spiro atoms. The molecule has 1 aromatic rings. The maximum absolute atomic E-state index is 13.8. The number of rotatable bonds is 4. The van der Waals surface area contributed by atoms with E-state index in [1.807, 2.05) is 6.07 Å². The summed E-state index contributed by atoms with van der Waals surface area (Å²) in [6, 6.07) is 6.64. The molecule has 0 aliphatic carbocycles. The van der Waals surface area contributed by atoms with Crippen molar-refractivity contribution in [3.05, 3.63) is 35.6 Å². The fraction of sp³-hybridized carbons (Fsp3) is 0.562. The van der Waals surface area contributed by atoms with Crippen LogP contribution in [0.2, 0.25) is 0 Å². The third-order valence-electron chi connectivity index (χ3n) is 4.41. The molecular formula is C16H22FN3O. The smallest absolute Gasteiger partial charge is 0.168 e. The molecule has 2 atom stereocenters. The van der Waals surface area contributed by atoms with E-state index >= 15 is 0 Å². The van der Waals surface area contributed by atoms with Crippen LogP contribution in [0.15, 0.2) is 24.3 Å². The van der Waals surface area contributed by atoms with E-state index in [9.17, 15) is 9.18 Å². The van der Waals surface area contributed by atoms with Crippen molar-refractivity contribution in [1.82, 2.24) is 15.5 Å². The Balaban J connectivity index is 1.67. The van der Waals surface area contributed by atoms with E-state index in [4.69, 9.17) is 0 Å². The number of hydrogen-bond acceptors (Lipinski definition) is 4. The first-order valence-corrected chi connectivity index (χ1v) is 7.71. The van der Waals surface area contributed by atoms with Gasteiger partial charge in [0.05, 0.1) is 12.1 Å². The second-order valence-electron chi connectivity index (χ2n) is 5.83. The number of halogens is 1. The first-order chi connectivity index (χ1) is 10.3. The highest BCUT2D eigenvalue weighted by Gasteiger charge is 2.35. The second kappa shape index (κ2) is 6.64. The molecule has 1 aromatic carbocycles. The third-order valence-corrected chi connectivity index (χ3v) is 4.41. The van der Waals surface area contributed by atoms with Crippen LogP contribution in [0.4, 0.5) is 4.39 Å². The van der Waals surface area contributed by atoms with E-state index in [-0.39, 0.29) is 23.7 Å². The lowest BCUT2D eigenvalue weighted by molar-refractivity contribution is -0.125. The molecule has 2 heterocycles. The van der Waals surface area contributed by atoms with Crippen molar-refractivity contribution in [2.24, 2.45) is 0 Å². The average molecular weight is 291 g/mol. The number of carbonyl (C=O) groups excluding carboxylic acids is 1. The van der Waals surface area contributed by atoms with Gasteiger partial charge in [-0.05, 0) is 25.5 Å².